The summed E-state index contributed by atoms with van der Waals surface area (Å²) in [6.07, 6.45) is 0.958. The van der Waals surface area contributed by atoms with Crippen LogP contribution in [-0.4, -0.2) is 65.3 Å². The highest BCUT2D eigenvalue weighted by atomic mass is 16.5. The molecule has 110 valence electrons. The van der Waals surface area contributed by atoms with Crippen molar-refractivity contribution in [3.8, 4) is 0 Å². The first-order valence-electron chi connectivity index (χ1n) is 6.78. The monoisotopic (exact) mass is 280 g/mol. The second kappa shape index (κ2) is 7.16. The molecule has 7 nitrogen and oxygen atoms in total. The van der Waals surface area contributed by atoms with E-state index in [0.717, 1.165) is 45.8 Å². The van der Waals surface area contributed by atoms with Crippen LogP contribution in [0.15, 0.2) is 6.07 Å². The van der Waals surface area contributed by atoms with E-state index in [4.69, 9.17) is 9.84 Å². The van der Waals surface area contributed by atoms with Gasteiger partial charge in [-0.3, -0.25) is 4.90 Å². The average Bonchev–Trinajstić information content (AvgIpc) is 2.44. The molecule has 0 spiro atoms. The summed E-state index contributed by atoms with van der Waals surface area (Å²) < 4.78 is 5.29. The summed E-state index contributed by atoms with van der Waals surface area (Å²) in [7, 11) is 0. The van der Waals surface area contributed by atoms with Gasteiger partial charge in [0.25, 0.3) is 0 Å². The number of hydrogen-bond acceptors (Lipinski definition) is 6. The van der Waals surface area contributed by atoms with Crippen LogP contribution in [0.5, 0.6) is 0 Å². The zero-order valence-corrected chi connectivity index (χ0v) is 11.6. The molecule has 1 aromatic rings. The Morgan fingerprint density at radius 2 is 2.20 bits per heavy atom. The summed E-state index contributed by atoms with van der Waals surface area (Å²) >= 11 is 0. The van der Waals surface area contributed by atoms with E-state index in [2.05, 4.69) is 20.2 Å². The number of carboxylic acids is 1. The zero-order chi connectivity index (χ0) is 14.4. The Morgan fingerprint density at radius 3 is 2.90 bits per heavy atom. The normalized spacial score (nSPS) is 16.1. The number of rotatable bonds is 6. The minimum Gasteiger partial charge on any atom is -0.477 e. The Hall–Kier alpha value is -1.73. The number of anilines is 1. The average molecular weight is 280 g/mol. The molecule has 1 aromatic heterocycles. The fraction of sp³-hybridized carbons (Fsp3) is 0.615. The third-order valence-corrected chi connectivity index (χ3v) is 3.11. The van der Waals surface area contributed by atoms with E-state index in [1.807, 2.05) is 0 Å². The van der Waals surface area contributed by atoms with E-state index in [1.54, 1.807) is 6.92 Å². The van der Waals surface area contributed by atoms with Gasteiger partial charge in [0, 0.05) is 25.3 Å². The standard InChI is InChI=1S/C13H20N4O3/c1-10-9-11(12(18)19)16-13(15-10)14-3-2-4-17-5-7-20-8-6-17/h9H,2-8H2,1H3,(H,18,19)(H,14,15,16). The lowest BCUT2D eigenvalue weighted by atomic mass is 10.3. The molecule has 2 N–H and O–H groups in total. The summed E-state index contributed by atoms with van der Waals surface area (Å²) in [5.41, 5.74) is 0.668. The fourth-order valence-electron chi connectivity index (χ4n) is 2.08. The zero-order valence-electron chi connectivity index (χ0n) is 11.6. The molecule has 0 amide bonds. The molecule has 1 saturated heterocycles. The van der Waals surface area contributed by atoms with Crippen LogP contribution in [-0.2, 0) is 4.74 Å². The van der Waals surface area contributed by atoms with Gasteiger partial charge in [0.15, 0.2) is 5.69 Å². The lowest BCUT2D eigenvalue weighted by Crippen LogP contribution is -2.37. The molecular weight excluding hydrogens is 260 g/mol. The molecule has 0 radical (unpaired) electrons. The molecule has 0 atom stereocenters. The van der Waals surface area contributed by atoms with Gasteiger partial charge in [-0.25, -0.2) is 14.8 Å². The predicted octanol–water partition coefficient (Wildman–Crippen LogP) is 0.617. The predicted molar refractivity (Wildman–Crippen MR) is 74.1 cm³/mol. The number of carboxylic acid groups (broad SMARTS) is 1. The van der Waals surface area contributed by atoms with Crippen molar-refractivity contribution in [3.63, 3.8) is 0 Å². The first-order valence-corrected chi connectivity index (χ1v) is 6.78. The molecule has 0 saturated carbocycles. The lowest BCUT2D eigenvalue weighted by Gasteiger charge is -2.26. The number of carbonyl (C=O) groups is 1. The third-order valence-electron chi connectivity index (χ3n) is 3.11. The number of aryl methyl sites for hydroxylation is 1. The van der Waals surface area contributed by atoms with E-state index in [0.29, 0.717) is 11.6 Å². The highest BCUT2D eigenvalue weighted by Crippen LogP contribution is 2.05. The minimum atomic E-state index is -1.04. The van der Waals surface area contributed by atoms with Crippen molar-refractivity contribution in [2.24, 2.45) is 0 Å². The quantitative estimate of drug-likeness (QED) is 0.738. The Labute approximate surface area is 118 Å². The SMILES string of the molecule is Cc1cc(C(=O)O)nc(NCCCN2CCOCC2)n1. The lowest BCUT2D eigenvalue weighted by molar-refractivity contribution is 0.0378. The molecule has 1 aliphatic rings. The molecule has 0 aliphatic carbocycles. The van der Waals surface area contributed by atoms with E-state index in [-0.39, 0.29) is 5.69 Å². The number of aromatic nitrogens is 2. The fourth-order valence-corrected chi connectivity index (χ4v) is 2.08. The van der Waals surface area contributed by atoms with Gasteiger partial charge in [0.1, 0.15) is 0 Å². The second-order valence-corrected chi connectivity index (χ2v) is 4.76. The Bertz CT molecular complexity index is 461. The van der Waals surface area contributed by atoms with Crippen molar-refractivity contribution < 1.29 is 14.6 Å². The molecule has 2 rings (SSSR count). The summed E-state index contributed by atoms with van der Waals surface area (Å²) in [5, 5.41) is 12.0. The third kappa shape index (κ3) is 4.43. The maximum Gasteiger partial charge on any atom is 0.354 e. The van der Waals surface area contributed by atoms with Crippen molar-refractivity contribution in [3.05, 3.63) is 17.5 Å². The van der Waals surface area contributed by atoms with Crippen LogP contribution in [0.1, 0.15) is 22.6 Å². The van der Waals surface area contributed by atoms with Crippen molar-refractivity contribution in [1.82, 2.24) is 14.9 Å². The van der Waals surface area contributed by atoms with E-state index >= 15 is 0 Å². The molecule has 7 heteroatoms. The van der Waals surface area contributed by atoms with Crippen molar-refractivity contribution >= 4 is 11.9 Å². The van der Waals surface area contributed by atoms with Crippen molar-refractivity contribution in [2.75, 3.05) is 44.7 Å². The number of nitrogens with one attached hydrogen (secondary N) is 1. The summed E-state index contributed by atoms with van der Waals surface area (Å²) in [6.45, 7) is 7.03. The summed E-state index contributed by atoms with van der Waals surface area (Å²) in [4.78, 5) is 21.4. The van der Waals surface area contributed by atoms with Crippen LogP contribution in [0.25, 0.3) is 0 Å². The van der Waals surface area contributed by atoms with Gasteiger partial charge in [-0.05, 0) is 26.0 Å². The molecule has 0 unspecified atom stereocenters. The van der Waals surface area contributed by atoms with Crippen molar-refractivity contribution in [1.29, 1.82) is 0 Å². The van der Waals surface area contributed by atoms with Gasteiger partial charge in [0.05, 0.1) is 13.2 Å². The van der Waals surface area contributed by atoms with Crippen LogP contribution in [0.3, 0.4) is 0 Å². The topological polar surface area (TPSA) is 87.6 Å². The van der Waals surface area contributed by atoms with Crippen molar-refractivity contribution in [2.45, 2.75) is 13.3 Å². The van der Waals surface area contributed by atoms with E-state index in [1.165, 1.54) is 6.07 Å². The molecule has 0 bridgehead atoms. The highest BCUT2D eigenvalue weighted by molar-refractivity contribution is 5.85. The number of aromatic carboxylic acids is 1. The second-order valence-electron chi connectivity index (χ2n) is 4.76. The van der Waals surface area contributed by atoms with Gasteiger partial charge in [-0.2, -0.15) is 0 Å². The number of ether oxygens (including phenoxy) is 1. The van der Waals surface area contributed by atoms with Gasteiger partial charge in [0.2, 0.25) is 5.95 Å². The largest absolute Gasteiger partial charge is 0.477 e. The first kappa shape index (κ1) is 14.7. The smallest absolute Gasteiger partial charge is 0.354 e. The molecule has 1 fully saturated rings. The summed E-state index contributed by atoms with van der Waals surface area (Å²) in [5.74, 6) is -0.656. The van der Waals surface area contributed by atoms with Crippen LogP contribution in [0.4, 0.5) is 5.95 Å². The van der Waals surface area contributed by atoms with E-state index < -0.39 is 5.97 Å². The molecule has 1 aliphatic heterocycles. The maximum absolute atomic E-state index is 10.9. The number of hydrogen-bond donors (Lipinski definition) is 2. The Morgan fingerprint density at radius 1 is 1.45 bits per heavy atom. The molecule has 20 heavy (non-hydrogen) atoms. The Kier molecular flexibility index (Phi) is 5.25. The number of nitrogens with zero attached hydrogens (tertiary/aromatic N) is 3. The van der Waals surface area contributed by atoms with E-state index in [9.17, 15) is 4.79 Å². The minimum absolute atomic E-state index is 0.0215. The van der Waals surface area contributed by atoms with Crippen LogP contribution in [0.2, 0.25) is 0 Å². The van der Waals surface area contributed by atoms with Crippen LogP contribution >= 0.6 is 0 Å². The van der Waals surface area contributed by atoms with Gasteiger partial charge in [-0.15, -0.1) is 0 Å². The maximum atomic E-state index is 10.9. The van der Waals surface area contributed by atoms with Crippen LogP contribution in [0, 0.1) is 6.92 Å². The molecular formula is C13H20N4O3. The van der Waals surface area contributed by atoms with Crippen LogP contribution < -0.4 is 5.32 Å². The van der Waals surface area contributed by atoms with Gasteiger partial charge in [-0.1, -0.05) is 0 Å². The van der Waals surface area contributed by atoms with Gasteiger partial charge >= 0.3 is 5.97 Å². The Balaban J connectivity index is 1.77. The first-order chi connectivity index (χ1) is 9.65. The highest BCUT2D eigenvalue weighted by Gasteiger charge is 2.10. The number of morpholine rings is 1. The van der Waals surface area contributed by atoms with Gasteiger partial charge < -0.3 is 15.2 Å². The summed E-state index contributed by atoms with van der Waals surface area (Å²) in [6, 6.07) is 1.46. The molecule has 2 heterocycles. The molecule has 0 aromatic carbocycles.